The van der Waals surface area contributed by atoms with Crippen LogP contribution < -0.4 is 10.6 Å². The zero-order valence-corrected chi connectivity index (χ0v) is 14.3. The second-order valence-electron chi connectivity index (χ2n) is 5.87. The quantitative estimate of drug-likeness (QED) is 0.693. The van der Waals surface area contributed by atoms with Gasteiger partial charge in [-0.2, -0.15) is 0 Å². The largest absolute Gasteiger partial charge is 0.384 e. The summed E-state index contributed by atoms with van der Waals surface area (Å²) in [5.41, 5.74) is 8.80. The zero-order valence-electron chi connectivity index (χ0n) is 13.5. The van der Waals surface area contributed by atoms with Crippen molar-refractivity contribution in [1.82, 2.24) is 9.97 Å². The number of fused-ring (bicyclic) bond motifs is 1. The summed E-state index contributed by atoms with van der Waals surface area (Å²) in [7, 11) is 0. The van der Waals surface area contributed by atoms with Gasteiger partial charge < -0.3 is 10.6 Å². The molecule has 1 aliphatic heterocycles. The van der Waals surface area contributed by atoms with Gasteiger partial charge in [-0.05, 0) is 38.8 Å². The molecule has 1 amide bonds. The second kappa shape index (κ2) is 6.20. The van der Waals surface area contributed by atoms with E-state index in [4.69, 9.17) is 5.73 Å². The van der Waals surface area contributed by atoms with Crippen LogP contribution in [0.2, 0.25) is 0 Å². The molecule has 1 aromatic heterocycles. The van der Waals surface area contributed by atoms with E-state index in [1.54, 1.807) is 6.07 Å². The molecule has 2 heterocycles. The van der Waals surface area contributed by atoms with Gasteiger partial charge in [-0.1, -0.05) is 30.0 Å². The third-order valence-corrected chi connectivity index (χ3v) is 4.88. The molecule has 0 radical (unpaired) electrons. The molecule has 2 N–H and O–H groups in total. The van der Waals surface area contributed by atoms with Crippen LogP contribution in [0.3, 0.4) is 0 Å². The number of thioether (sulfide) groups is 1. The van der Waals surface area contributed by atoms with Crippen LogP contribution in [0.15, 0.2) is 35.5 Å². The molecule has 1 aromatic carbocycles. The Morgan fingerprint density at radius 3 is 2.87 bits per heavy atom. The van der Waals surface area contributed by atoms with Gasteiger partial charge in [0.1, 0.15) is 5.82 Å². The maximum absolute atomic E-state index is 12.9. The number of nitrogens with zero attached hydrogens (tertiary/aromatic N) is 3. The first-order chi connectivity index (χ1) is 11.0. The number of anilines is 2. The second-order valence-corrected chi connectivity index (χ2v) is 7.17. The lowest BCUT2D eigenvalue weighted by molar-refractivity contribution is -0.118. The van der Waals surface area contributed by atoms with Crippen LogP contribution in [-0.2, 0) is 11.2 Å². The Bertz CT molecular complexity index is 729. The smallest absolute Gasteiger partial charge is 0.240 e. The average Bonchev–Trinajstić information content (AvgIpc) is 2.81. The molecule has 2 unspecified atom stereocenters. The monoisotopic (exact) mass is 328 g/mol. The number of rotatable bonds is 3. The minimum Gasteiger partial charge on any atom is -0.384 e. The van der Waals surface area contributed by atoms with Gasteiger partial charge in [0.2, 0.25) is 5.91 Å². The summed E-state index contributed by atoms with van der Waals surface area (Å²) >= 11 is 1.35. The zero-order chi connectivity index (χ0) is 16.6. The molecule has 0 spiro atoms. The number of nitrogens with two attached hydrogens (primary N) is 1. The van der Waals surface area contributed by atoms with Crippen LogP contribution in [-0.4, -0.2) is 27.2 Å². The molecule has 0 fully saturated rings. The third-order valence-electron chi connectivity index (χ3n) is 3.93. The van der Waals surface area contributed by atoms with Crippen LogP contribution in [0.1, 0.15) is 25.1 Å². The van der Waals surface area contributed by atoms with Crippen molar-refractivity contribution in [3.05, 3.63) is 41.6 Å². The van der Waals surface area contributed by atoms with Crippen molar-refractivity contribution >= 4 is 29.2 Å². The molecule has 3 rings (SSSR count). The molecule has 0 aliphatic carbocycles. The normalized spacial score (nSPS) is 17.9. The van der Waals surface area contributed by atoms with Gasteiger partial charge in [-0.25, -0.2) is 9.97 Å². The van der Waals surface area contributed by atoms with E-state index in [1.165, 1.54) is 17.3 Å². The maximum Gasteiger partial charge on any atom is 0.240 e. The highest BCUT2D eigenvalue weighted by molar-refractivity contribution is 8.00. The fourth-order valence-corrected chi connectivity index (χ4v) is 3.81. The van der Waals surface area contributed by atoms with Gasteiger partial charge in [0, 0.05) is 23.5 Å². The van der Waals surface area contributed by atoms with Crippen LogP contribution in [0, 0.1) is 6.92 Å². The summed E-state index contributed by atoms with van der Waals surface area (Å²) in [4.78, 5) is 23.4. The Balaban J connectivity index is 1.80. The Kier molecular flexibility index (Phi) is 4.26. The lowest BCUT2D eigenvalue weighted by atomic mass is 10.1. The van der Waals surface area contributed by atoms with Gasteiger partial charge in [0.05, 0.1) is 5.25 Å². The Morgan fingerprint density at radius 1 is 1.39 bits per heavy atom. The van der Waals surface area contributed by atoms with E-state index < -0.39 is 0 Å². The number of benzene rings is 1. The summed E-state index contributed by atoms with van der Waals surface area (Å²) in [6.07, 6.45) is 0.896. The van der Waals surface area contributed by atoms with Crippen LogP contribution >= 0.6 is 11.8 Å². The number of amides is 1. The highest BCUT2D eigenvalue weighted by Gasteiger charge is 2.33. The predicted molar refractivity (Wildman–Crippen MR) is 93.6 cm³/mol. The highest BCUT2D eigenvalue weighted by Crippen LogP contribution is 2.34. The van der Waals surface area contributed by atoms with Crippen LogP contribution in [0.25, 0.3) is 0 Å². The summed E-state index contributed by atoms with van der Waals surface area (Å²) in [5, 5.41) is 0.272. The topological polar surface area (TPSA) is 72.1 Å². The van der Waals surface area contributed by atoms with Gasteiger partial charge in [0.15, 0.2) is 5.16 Å². The number of aromatic nitrogens is 2. The first-order valence-corrected chi connectivity index (χ1v) is 8.52. The van der Waals surface area contributed by atoms with Crippen molar-refractivity contribution in [3.63, 3.8) is 0 Å². The van der Waals surface area contributed by atoms with E-state index in [2.05, 4.69) is 23.0 Å². The lowest BCUT2D eigenvalue weighted by Gasteiger charge is -2.25. The molecule has 2 atom stereocenters. The van der Waals surface area contributed by atoms with E-state index in [9.17, 15) is 4.79 Å². The minimum absolute atomic E-state index is 0.0797. The maximum atomic E-state index is 12.9. The number of para-hydroxylation sites is 1. The number of hydrogen-bond acceptors (Lipinski definition) is 5. The molecular formula is C17H20N4OS. The lowest BCUT2D eigenvalue weighted by Crippen LogP contribution is -2.40. The number of carbonyl (C=O) groups excluding carboxylic acids is 1. The molecule has 1 aliphatic rings. The molecule has 23 heavy (non-hydrogen) atoms. The average molecular weight is 328 g/mol. The molecule has 0 saturated carbocycles. The molecule has 120 valence electrons. The van der Waals surface area contributed by atoms with Crippen molar-refractivity contribution in [1.29, 1.82) is 0 Å². The fraction of sp³-hybridized carbons (Fsp3) is 0.353. The van der Waals surface area contributed by atoms with Crippen molar-refractivity contribution in [2.75, 3.05) is 10.6 Å². The number of carbonyl (C=O) groups is 1. The number of aryl methyl sites for hydroxylation is 1. The first kappa shape index (κ1) is 15.8. The molecule has 0 saturated heterocycles. The molecule has 6 heteroatoms. The van der Waals surface area contributed by atoms with E-state index >= 15 is 0 Å². The summed E-state index contributed by atoms with van der Waals surface area (Å²) in [6, 6.07) is 9.97. The standard InChI is InChI=1S/C17H20N4OS/c1-10-8-15(18)20-17(19-10)23-12(3)16(22)21-11(2)9-13-6-4-5-7-14(13)21/h4-8,11-12H,9H2,1-3H3,(H2,18,19,20). The molecule has 5 nitrogen and oxygen atoms in total. The summed E-state index contributed by atoms with van der Waals surface area (Å²) in [6.45, 7) is 5.84. The third kappa shape index (κ3) is 3.17. The molecule has 2 aromatic rings. The van der Waals surface area contributed by atoms with E-state index in [0.717, 1.165) is 17.8 Å². The van der Waals surface area contributed by atoms with Crippen LogP contribution in [0.4, 0.5) is 11.5 Å². The minimum atomic E-state index is -0.273. The van der Waals surface area contributed by atoms with E-state index in [0.29, 0.717) is 11.0 Å². The SMILES string of the molecule is Cc1cc(N)nc(SC(C)C(=O)N2c3ccccc3CC2C)n1. The van der Waals surface area contributed by atoms with E-state index in [1.807, 2.05) is 36.9 Å². The molecule has 0 bridgehead atoms. The van der Waals surface area contributed by atoms with E-state index in [-0.39, 0.29) is 17.2 Å². The Hall–Kier alpha value is -2.08. The molecular weight excluding hydrogens is 308 g/mol. The van der Waals surface area contributed by atoms with Gasteiger partial charge in [-0.3, -0.25) is 4.79 Å². The summed E-state index contributed by atoms with van der Waals surface area (Å²) in [5.74, 6) is 0.510. The van der Waals surface area contributed by atoms with Gasteiger partial charge in [-0.15, -0.1) is 0 Å². The van der Waals surface area contributed by atoms with Crippen molar-refractivity contribution in [3.8, 4) is 0 Å². The predicted octanol–water partition coefficient (Wildman–Crippen LogP) is 2.83. The Morgan fingerprint density at radius 2 is 2.13 bits per heavy atom. The summed E-state index contributed by atoms with van der Waals surface area (Å²) < 4.78 is 0. The first-order valence-electron chi connectivity index (χ1n) is 7.64. The Labute approximate surface area is 140 Å². The fourth-order valence-electron chi connectivity index (χ4n) is 2.92. The van der Waals surface area contributed by atoms with Crippen LogP contribution in [0.5, 0.6) is 0 Å². The highest BCUT2D eigenvalue weighted by atomic mass is 32.2. The van der Waals surface area contributed by atoms with Crippen molar-refractivity contribution < 1.29 is 4.79 Å². The van der Waals surface area contributed by atoms with Gasteiger partial charge >= 0.3 is 0 Å². The van der Waals surface area contributed by atoms with Crippen molar-refractivity contribution in [2.45, 2.75) is 43.6 Å². The van der Waals surface area contributed by atoms with Gasteiger partial charge in [0.25, 0.3) is 0 Å². The number of hydrogen-bond donors (Lipinski definition) is 1. The van der Waals surface area contributed by atoms with Crippen molar-refractivity contribution in [2.24, 2.45) is 0 Å². The number of nitrogen functional groups attached to an aromatic ring is 1.